The molecule has 0 atom stereocenters. The standard InChI is InChI=1S/C19H21N3O3S/c1-12(2)25-16-9-7-14(8-10-16)17(23)20-19(26)22-21-18(24)15-6-4-5-13(3)11-15/h4-12H,1-3H3,(H,21,24)(H2,20,22,23,26). The maximum atomic E-state index is 12.2. The van der Waals surface area contributed by atoms with Crippen molar-refractivity contribution >= 4 is 29.1 Å². The van der Waals surface area contributed by atoms with Crippen molar-refractivity contribution in [2.24, 2.45) is 0 Å². The zero-order valence-electron chi connectivity index (χ0n) is 14.8. The van der Waals surface area contributed by atoms with Crippen LogP contribution in [0.25, 0.3) is 0 Å². The molecule has 3 N–H and O–H groups in total. The number of carbonyl (C=O) groups excluding carboxylic acids is 2. The average molecular weight is 371 g/mol. The summed E-state index contributed by atoms with van der Waals surface area (Å²) in [6, 6.07) is 13.8. The van der Waals surface area contributed by atoms with E-state index in [0.717, 1.165) is 5.56 Å². The number of benzene rings is 2. The Morgan fingerprint density at radius 2 is 1.65 bits per heavy atom. The number of carbonyl (C=O) groups is 2. The van der Waals surface area contributed by atoms with Crippen molar-refractivity contribution in [3.63, 3.8) is 0 Å². The second kappa shape index (κ2) is 8.96. The van der Waals surface area contributed by atoms with Crippen LogP contribution in [0.4, 0.5) is 0 Å². The fourth-order valence-electron chi connectivity index (χ4n) is 2.14. The van der Waals surface area contributed by atoms with Gasteiger partial charge in [-0.3, -0.25) is 25.8 Å². The lowest BCUT2D eigenvalue weighted by Gasteiger charge is -2.12. The highest BCUT2D eigenvalue weighted by Gasteiger charge is 2.10. The molecule has 0 heterocycles. The maximum Gasteiger partial charge on any atom is 0.269 e. The van der Waals surface area contributed by atoms with Crippen molar-refractivity contribution in [3.05, 3.63) is 65.2 Å². The molecular weight excluding hydrogens is 350 g/mol. The van der Waals surface area contributed by atoms with Crippen LogP contribution in [0.2, 0.25) is 0 Å². The monoisotopic (exact) mass is 371 g/mol. The molecule has 0 bridgehead atoms. The smallest absolute Gasteiger partial charge is 0.269 e. The molecule has 26 heavy (non-hydrogen) atoms. The van der Waals surface area contributed by atoms with Crippen molar-refractivity contribution in [2.75, 3.05) is 0 Å². The van der Waals surface area contributed by atoms with Crippen molar-refractivity contribution in [3.8, 4) is 5.75 Å². The van der Waals surface area contributed by atoms with Gasteiger partial charge in [-0.15, -0.1) is 0 Å². The summed E-state index contributed by atoms with van der Waals surface area (Å²) in [5.41, 5.74) is 6.85. The Bertz CT molecular complexity index is 804. The fourth-order valence-corrected chi connectivity index (χ4v) is 2.28. The van der Waals surface area contributed by atoms with Gasteiger partial charge in [0, 0.05) is 11.1 Å². The number of hydrazine groups is 1. The first-order valence-corrected chi connectivity index (χ1v) is 8.51. The quantitative estimate of drug-likeness (QED) is 0.569. The molecular formula is C19H21N3O3S. The number of ether oxygens (including phenoxy) is 1. The van der Waals surface area contributed by atoms with Crippen molar-refractivity contribution in [1.82, 2.24) is 16.2 Å². The van der Waals surface area contributed by atoms with Gasteiger partial charge in [-0.2, -0.15) is 0 Å². The third kappa shape index (κ3) is 5.86. The molecule has 0 unspecified atom stereocenters. The molecule has 0 aliphatic rings. The Balaban J connectivity index is 1.85. The zero-order chi connectivity index (χ0) is 19.1. The van der Waals surface area contributed by atoms with E-state index in [9.17, 15) is 9.59 Å². The summed E-state index contributed by atoms with van der Waals surface area (Å²) in [7, 11) is 0. The van der Waals surface area contributed by atoms with Crippen LogP contribution in [-0.2, 0) is 0 Å². The summed E-state index contributed by atoms with van der Waals surface area (Å²) in [4.78, 5) is 24.2. The van der Waals surface area contributed by atoms with Crippen LogP contribution >= 0.6 is 12.2 Å². The number of hydrogen-bond donors (Lipinski definition) is 3. The lowest BCUT2D eigenvalue weighted by atomic mass is 10.1. The number of nitrogens with one attached hydrogen (secondary N) is 3. The number of thiocarbonyl (C=S) groups is 1. The highest BCUT2D eigenvalue weighted by molar-refractivity contribution is 7.80. The van der Waals surface area contributed by atoms with Crippen LogP contribution in [0.15, 0.2) is 48.5 Å². The van der Waals surface area contributed by atoms with E-state index < -0.39 is 0 Å². The first-order chi connectivity index (χ1) is 12.3. The summed E-state index contributed by atoms with van der Waals surface area (Å²) in [5.74, 6) is -0.0495. The van der Waals surface area contributed by atoms with E-state index in [0.29, 0.717) is 16.9 Å². The predicted octanol–water partition coefficient (Wildman–Crippen LogP) is 2.73. The van der Waals surface area contributed by atoms with Crippen LogP contribution in [0.1, 0.15) is 40.1 Å². The molecule has 0 fully saturated rings. The summed E-state index contributed by atoms with van der Waals surface area (Å²) in [6.45, 7) is 5.75. The fraction of sp³-hybridized carbons (Fsp3) is 0.211. The largest absolute Gasteiger partial charge is 0.491 e. The molecule has 0 spiro atoms. The molecule has 0 radical (unpaired) electrons. The van der Waals surface area contributed by atoms with Gasteiger partial charge < -0.3 is 4.74 Å². The van der Waals surface area contributed by atoms with E-state index in [1.807, 2.05) is 26.8 Å². The average Bonchev–Trinajstić information content (AvgIpc) is 2.59. The maximum absolute atomic E-state index is 12.2. The molecule has 7 heteroatoms. The Morgan fingerprint density at radius 1 is 0.962 bits per heavy atom. The molecule has 0 saturated carbocycles. The molecule has 2 amide bonds. The van der Waals surface area contributed by atoms with Gasteiger partial charge in [-0.1, -0.05) is 17.7 Å². The lowest BCUT2D eigenvalue weighted by molar-refractivity contribution is 0.0934. The second-order valence-electron chi connectivity index (χ2n) is 5.92. The second-order valence-corrected chi connectivity index (χ2v) is 6.33. The molecule has 2 rings (SSSR count). The van der Waals surface area contributed by atoms with Gasteiger partial charge in [0.15, 0.2) is 5.11 Å². The lowest BCUT2D eigenvalue weighted by Crippen LogP contribution is -2.48. The number of rotatable bonds is 4. The summed E-state index contributed by atoms with van der Waals surface area (Å²) in [6.07, 6.45) is 0.0588. The van der Waals surface area contributed by atoms with Crippen LogP contribution in [0.5, 0.6) is 5.75 Å². The Kier molecular flexibility index (Phi) is 6.68. The first kappa shape index (κ1) is 19.4. The van der Waals surface area contributed by atoms with Gasteiger partial charge in [0.05, 0.1) is 6.10 Å². The number of hydrogen-bond acceptors (Lipinski definition) is 4. The zero-order valence-corrected chi connectivity index (χ0v) is 15.6. The topological polar surface area (TPSA) is 79.5 Å². The van der Waals surface area contributed by atoms with Crippen LogP contribution < -0.4 is 20.9 Å². The molecule has 6 nitrogen and oxygen atoms in total. The van der Waals surface area contributed by atoms with Crippen molar-refractivity contribution < 1.29 is 14.3 Å². The van der Waals surface area contributed by atoms with E-state index in [-0.39, 0.29) is 23.0 Å². The minimum Gasteiger partial charge on any atom is -0.491 e. The minimum atomic E-state index is -0.386. The highest BCUT2D eigenvalue weighted by Crippen LogP contribution is 2.13. The van der Waals surface area contributed by atoms with Crippen LogP contribution in [0, 0.1) is 6.92 Å². The summed E-state index contributed by atoms with van der Waals surface area (Å²) < 4.78 is 5.53. The van der Waals surface area contributed by atoms with Crippen LogP contribution in [-0.4, -0.2) is 23.0 Å². The molecule has 0 aliphatic heterocycles. The summed E-state index contributed by atoms with van der Waals surface area (Å²) in [5, 5.41) is 2.50. The first-order valence-electron chi connectivity index (χ1n) is 8.10. The molecule has 0 aliphatic carbocycles. The van der Waals surface area contributed by atoms with E-state index in [4.69, 9.17) is 17.0 Å². The Labute approximate surface area is 157 Å². The van der Waals surface area contributed by atoms with Gasteiger partial charge in [0.1, 0.15) is 5.75 Å². The summed E-state index contributed by atoms with van der Waals surface area (Å²) >= 11 is 5.02. The number of amides is 2. The van der Waals surface area contributed by atoms with E-state index in [2.05, 4.69) is 16.2 Å². The van der Waals surface area contributed by atoms with Gasteiger partial charge in [-0.05, 0) is 69.4 Å². The Hall–Kier alpha value is -2.93. The third-order valence-electron chi connectivity index (χ3n) is 3.29. The van der Waals surface area contributed by atoms with Crippen molar-refractivity contribution in [2.45, 2.75) is 26.9 Å². The molecule has 0 aromatic heterocycles. The SMILES string of the molecule is Cc1cccc(C(=O)NNC(=S)NC(=O)c2ccc(OC(C)C)cc2)c1. The van der Waals surface area contributed by atoms with Crippen molar-refractivity contribution in [1.29, 1.82) is 0 Å². The molecule has 0 saturated heterocycles. The van der Waals surface area contributed by atoms with Gasteiger partial charge in [0.25, 0.3) is 11.8 Å². The van der Waals surface area contributed by atoms with Gasteiger partial charge in [-0.25, -0.2) is 0 Å². The highest BCUT2D eigenvalue weighted by atomic mass is 32.1. The van der Waals surface area contributed by atoms with Crippen LogP contribution in [0.3, 0.4) is 0 Å². The predicted molar refractivity (Wildman–Crippen MR) is 104 cm³/mol. The number of aryl methyl sites for hydroxylation is 1. The third-order valence-corrected chi connectivity index (χ3v) is 3.49. The van der Waals surface area contributed by atoms with Gasteiger partial charge in [0.2, 0.25) is 0 Å². The van der Waals surface area contributed by atoms with E-state index >= 15 is 0 Å². The van der Waals surface area contributed by atoms with Gasteiger partial charge >= 0.3 is 0 Å². The van der Waals surface area contributed by atoms with E-state index in [1.54, 1.807) is 42.5 Å². The van der Waals surface area contributed by atoms with E-state index in [1.165, 1.54) is 0 Å². The Morgan fingerprint density at radius 3 is 2.27 bits per heavy atom. The normalized spacial score (nSPS) is 10.2. The molecule has 2 aromatic rings. The molecule has 136 valence electrons. The molecule has 2 aromatic carbocycles. The minimum absolute atomic E-state index is 0.00138.